The normalized spacial score (nSPS) is 30.7. The lowest BCUT2D eigenvalue weighted by Crippen LogP contribution is -2.56. The Morgan fingerprint density at radius 3 is 2.27 bits per heavy atom. The summed E-state index contributed by atoms with van der Waals surface area (Å²) < 4.78 is 7.03. The van der Waals surface area contributed by atoms with Crippen LogP contribution >= 0.6 is 0 Å². The van der Waals surface area contributed by atoms with Gasteiger partial charge < -0.3 is 24.5 Å². The molecule has 2 fully saturated rings. The van der Waals surface area contributed by atoms with E-state index in [0.29, 0.717) is 45.4 Å². The number of fused-ring (bicyclic) bond motifs is 2. The van der Waals surface area contributed by atoms with Gasteiger partial charge in [0.05, 0.1) is 17.4 Å². The van der Waals surface area contributed by atoms with E-state index in [-0.39, 0.29) is 24.3 Å². The first-order chi connectivity index (χ1) is 20.0. The van der Waals surface area contributed by atoms with Crippen LogP contribution in [0.25, 0.3) is 0 Å². The number of carbonyl (C=O) groups is 3. The van der Waals surface area contributed by atoms with Crippen molar-refractivity contribution < 1.29 is 24.2 Å². The first-order valence-corrected chi connectivity index (χ1v) is 14.6. The first kappa shape index (κ1) is 27.4. The molecule has 0 aromatic heterocycles. The second-order valence-corrected chi connectivity index (χ2v) is 11.4. The van der Waals surface area contributed by atoms with Crippen LogP contribution in [0.2, 0.25) is 0 Å². The first-order valence-electron chi connectivity index (χ1n) is 14.6. The molecule has 2 aromatic carbocycles. The third-order valence-electron chi connectivity index (χ3n) is 9.11. The number of unbranched alkanes of at least 4 members (excludes halogenated alkanes) is 1. The summed E-state index contributed by atoms with van der Waals surface area (Å²) in [5, 5.41) is 9.45. The monoisotopic (exact) mass is 555 g/mol. The lowest BCUT2D eigenvalue weighted by Gasteiger charge is -2.38. The summed E-state index contributed by atoms with van der Waals surface area (Å²) >= 11 is 0. The highest BCUT2D eigenvalue weighted by Gasteiger charge is 2.75. The largest absolute Gasteiger partial charge is 0.396 e. The van der Waals surface area contributed by atoms with Crippen molar-refractivity contribution in [1.82, 2.24) is 9.80 Å². The van der Waals surface area contributed by atoms with Crippen LogP contribution in [0.5, 0.6) is 0 Å². The lowest BCUT2D eigenvalue weighted by molar-refractivity contribution is -0.152. The number of aliphatic hydroxyl groups is 1. The van der Waals surface area contributed by atoms with E-state index in [0.717, 1.165) is 11.3 Å². The molecule has 41 heavy (non-hydrogen) atoms. The summed E-state index contributed by atoms with van der Waals surface area (Å²) in [4.78, 5) is 48.5. The molecule has 214 valence electrons. The predicted molar refractivity (Wildman–Crippen MR) is 155 cm³/mol. The Morgan fingerprint density at radius 1 is 0.854 bits per heavy atom. The summed E-state index contributed by atoms with van der Waals surface area (Å²) in [6.07, 6.45) is 9.28. The van der Waals surface area contributed by atoms with E-state index in [1.807, 2.05) is 91.9 Å². The molecule has 0 aliphatic carbocycles. The second kappa shape index (κ2) is 10.9. The van der Waals surface area contributed by atoms with E-state index in [2.05, 4.69) is 0 Å². The molecule has 4 aliphatic heterocycles. The van der Waals surface area contributed by atoms with Crippen molar-refractivity contribution in [2.75, 3.05) is 31.1 Å². The summed E-state index contributed by atoms with van der Waals surface area (Å²) in [7, 11) is 0. The number of rotatable bonds is 8. The van der Waals surface area contributed by atoms with E-state index in [1.165, 1.54) is 0 Å². The van der Waals surface area contributed by atoms with Gasteiger partial charge in [0.1, 0.15) is 11.6 Å². The van der Waals surface area contributed by atoms with Crippen molar-refractivity contribution in [3.63, 3.8) is 0 Å². The van der Waals surface area contributed by atoms with Crippen LogP contribution in [-0.4, -0.2) is 76.1 Å². The van der Waals surface area contributed by atoms with Crippen LogP contribution in [-0.2, 0) is 25.7 Å². The smallest absolute Gasteiger partial charge is 0.249 e. The average Bonchev–Trinajstić information content (AvgIpc) is 3.28. The van der Waals surface area contributed by atoms with E-state index in [9.17, 15) is 19.5 Å². The Hall–Kier alpha value is -3.75. The number of likely N-dealkylation sites (tertiary alicyclic amines) is 1. The number of aliphatic hydroxyl groups excluding tert-OH is 1. The van der Waals surface area contributed by atoms with E-state index < -0.39 is 29.1 Å². The van der Waals surface area contributed by atoms with Gasteiger partial charge in [0, 0.05) is 38.5 Å². The molecule has 1 unspecified atom stereocenters. The Labute approximate surface area is 240 Å². The molecule has 8 nitrogen and oxygen atoms in total. The number of para-hydroxylation sites is 1. The van der Waals surface area contributed by atoms with Gasteiger partial charge in [-0.25, -0.2) is 0 Å². The van der Waals surface area contributed by atoms with Gasteiger partial charge in [-0.1, -0.05) is 79.8 Å². The van der Waals surface area contributed by atoms with Gasteiger partial charge in [-0.15, -0.1) is 0 Å². The van der Waals surface area contributed by atoms with Crippen LogP contribution in [0.15, 0.2) is 85.0 Å². The highest BCUT2D eigenvalue weighted by molar-refractivity contribution is 6.04. The van der Waals surface area contributed by atoms with E-state index in [4.69, 9.17) is 4.74 Å². The minimum atomic E-state index is -1.28. The molecule has 4 heterocycles. The van der Waals surface area contributed by atoms with Crippen LogP contribution in [0.1, 0.15) is 31.7 Å². The fourth-order valence-electron chi connectivity index (χ4n) is 7.23. The number of hydrogen-bond donors (Lipinski definition) is 1. The van der Waals surface area contributed by atoms with Crippen molar-refractivity contribution in [1.29, 1.82) is 0 Å². The van der Waals surface area contributed by atoms with E-state index in [1.54, 1.807) is 14.7 Å². The molecule has 0 bridgehead atoms. The molecular formula is C33H37N3O5. The zero-order chi connectivity index (χ0) is 28.6. The molecule has 1 N–H and O–H groups in total. The van der Waals surface area contributed by atoms with Crippen molar-refractivity contribution >= 4 is 23.4 Å². The van der Waals surface area contributed by atoms with Crippen molar-refractivity contribution in [3.05, 3.63) is 90.5 Å². The van der Waals surface area contributed by atoms with Crippen LogP contribution < -0.4 is 4.90 Å². The molecule has 2 saturated heterocycles. The fourth-order valence-corrected chi connectivity index (χ4v) is 7.23. The zero-order valence-electron chi connectivity index (χ0n) is 23.4. The van der Waals surface area contributed by atoms with Crippen LogP contribution in [0.4, 0.5) is 5.69 Å². The van der Waals surface area contributed by atoms with Gasteiger partial charge in [0.25, 0.3) is 0 Å². The third-order valence-corrected chi connectivity index (χ3v) is 9.11. The standard InChI is InChI=1S/C33H37N3O5/c1-2-32-17-11-21-35(25-15-7-4-8-16-25)29(38)26(32)27-30(39)36(20-9-10-22-37)28-31(40)34(19-12-18-33(27,28)41-32)23-24-13-5-3-6-14-24/h3-8,11-18,26-28,37H,2,9-10,19-23H2,1H3/t26-,27-,28?,32+,33-/m0/s1. The van der Waals surface area contributed by atoms with Crippen LogP contribution in [0, 0.1) is 11.8 Å². The van der Waals surface area contributed by atoms with Gasteiger partial charge in [0.15, 0.2) is 0 Å². The molecule has 2 aromatic rings. The Morgan fingerprint density at radius 2 is 1.56 bits per heavy atom. The maximum Gasteiger partial charge on any atom is 0.249 e. The summed E-state index contributed by atoms with van der Waals surface area (Å²) in [5.74, 6) is -2.22. The second-order valence-electron chi connectivity index (χ2n) is 11.4. The average molecular weight is 556 g/mol. The molecule has 0 saturated carbocycles. The van der Waals surface area contributed by atoms with Gasteiger partial charge in [0.2, 0.25) is 17.7 Å². The number of ether oxygens (including phenoxy) is 1. The molecule has 0 radical (unpaired) electrons. The summed E-state index contributed by atoms with van der Waals surface area (Å²) in [5.41, 5.74) is -0.537. The Balaban J connectivity index is 1.44. The number of hydrogen-bond acceptors (Lipinski definition) is 5. The SMILES string of the molecule is CC[C@@]12C=CCN(c3ccccc3)C(=O)[C@@H]1[C@H]1C(=O)N(CCCCO)C3C(=O)N(Cc4ccccc4)CC=C[C@@]31O2. The van der Waals surface area contributed by atoms with Crippen molar-refractivity contribution in [2.24, 2.45) is 11.8 Å². The topological polar surface area (TPSA) is 90.4 Å². The Kier molecular flexibility index (Phi) is 7.30. The molecule has 4 aliphatic rings. The lowest BCUT2D eigenvalue weighted by atomic mass is 9.73. The van der Waals surface area contributed by atoms with Gasteiger partial charge >= 0.3 is 0 Å². The highest BCUT2D eigenvalue weighted by Crippen LogP contribution is 2.58. The number of benzene rings is 2. The van der Waals surface area contributed by atoms with Crippen LogP contribution in [0.3, 0.4) is 0 Å². The highest BCUT2D eigenvalue weighted by atomic mass is 16.5. The van der Waals surface area contributed by atoms with Gasteiger partial charge in [-0.2, -0.15) is 0 Å². The van der Waals surface area contributed by atoms with Gasteiger partial charge in [-0.3, -0.25) is 14.4 Å². The number of carbonyl (C=O) groups excluding carboxylic acids is 3. The quantitative estimate of drug-likeness (QED) is 0.399. The molecule has 1 spiro atoms. The number of nitrogens with zero attached hydrogens (tertiary/aromatic N) is 3. The minimum absolute atomic E-state index is 0.00262. The van der Waals surface area contributed by atoms with Crippen molar-refractivity contribution in [3.8, 4) is 0 Å². The van der Waals surface area contributed by atoms with E-state index >= 15 is 0 Å². The van der Waals surface area contributed by atoms with Crippen molar-refractivity contribution in [2.45, 2.75) is 50.0 Å². The molecule has 6 rings (SSSR count). The molecule has 3 amide bonds. The molecule has 5 atom stereocenters. The predicted octanol–water partition coefficient (Wildman–Crippen LogP) is 3.32. The fraction of sp³-hybridized carbons (Fsp3) is 0.424. The number of amides is 3. The maximum absolute atomic E-state index is 14.5. The summed E-state index contributed by atoms with van der Waals surface area (Å²) in [6.45, 7) is 3.45. The summed E-state index contributed by atoms with van der Waals surface area (Å²) in [6, 6.07) is 18.4. The molecule has 8 heteroatoms. The number of anilines is 1. The molecular weight excluding hydrogens is 518 g/mol. The van der Waals surface area contributed by atoms with Gasteiger partial charge in [-0.05, 0) is 37.0 Å². The Bertz CT molecular complexity index is 1360. The third kappa shape index (κ3) is 4.41. The zero-order valence-corrected chi connectivity index (χ0v) is 23.4. The maximum atomic E-state index is 14.5. The minimum Gasteiger partial charge on any atom is -0.396 e.